The molecule has 0 saturated carbocycles. The summed E-state index contributed by atoms with van der Waals surface area (Å²) in [4.78, 5) is 10.3. The van der Waals surface area contributed by atoms with Gasteiger partial charge in [-0.15, -0.1) is 0 Å². The maximum Gasteiger partial charge on any atom is 0.120 e. The van der Waals surface area contributed by atoms with Crippen molar-refractivity contribution in [2.75, 3.05) is 6.54 Å². The number of phenols is 1. The van der Waals surface area contributed by atoms with Crippen LogP contribution in [0.25, 0.3) is 0 Å². The molecule has 0 amide bonds. The van der Waals surface area contributed by atoms with Gasteiger partial charge in [-0.25, -0.2) is 4.98 Å². The maximum absolute atomic E-state index is 10.1. The predicted octanol–water partition coefficient (Wildman–Crippen LogP) is 3.85. The molecule has 0 spiro atoms. The van der Waals surface area contributed by atoms with E-state index in [9.17, 15) is 5.11 Å². The number of benzene rings is 2. The Bertz CT molecular complexity index is 828. The Morgan fingerprint density at radius 1 is 1.08 bits per heavy atom. The van der Waals surface area contributed by atoms with E-state index in [1.165, 1.54) is 11.3 Å². The lowest BCUT2D eigenvalue weighted by atomic mass is 9.95. The molecular formula is C21H23N3O. The number of hydrogen-bond acceptors (Lipinski definition) is 3. The largest absolute Gasteiger partial charge is 0.508 e. The molecule has 1 atom stereocenters. The lowest BCUT2D eigenvalue weighted by Crippen LogP contribution is -2.35. The Balaban J connectivity index is 1.56. The van der Waals surface area contributed by atoms with Gasteiger partial charge in [-0.1, -0.05) is 48.5 Å². The first-order valence-corrected chi connectivity index (χ1v) is 8.88. The standard InChI is InChI=1S/C21H23N3O/c25-20-9-5-4-8-17(20)14-24-13-12-18-21(23-15-22-18)19(24)11-10-16-6-2-1-3-7-16/h1-9,15,19,25H,10-14H2,(H,22,23)/t19-/m0/s1. The molecule has 128 valence electrons. The van der Waals surface area contributed by atoms with Gasteiger partial charge < -0.3 is 10.1 Å². The van der Waals surface area contributed by atoms with Crippen LogP contribution in [0.1, 0.15) is 35.0 Å². The smallest absolute Gasteiger partial charge is 0.120 e. The van der Waals surface area contributed by atoms with Crippen molar-refractivity contribution in [1.82, 2.24) is 14.9 Å². The van der Waals surface area contributed by atoms with E-state index in [1.807, 2.05) is 24.5 Å². The van der Waals surface area contributed by atoms with Gasteiger partial charge in [0.25, 0.3) is 0 Å². The Morgan fingerprint density at radius 2 is 1.88 bits per heavy atom. The number of phenolic OH excluding ortho intramolecular Hbond substituents is 1. The number of nitrogens with zero attached hydrogens (tertiary/aromatic N) is 2. The fourth-order valence-electron chi connectivity index (χ4n) is 3.72. The van der Waals surface area contributed by atoms with Crippen molar-refractivity contribution < 1.29 is 5.11 Å². The second-order valence-electron chi connectivity index (χ2n) is 6.66. The van der Waals surface area contributed by atoms with Crippen molar-refractivity contribution in [1.29, 1.82) is 0 Å². The molecule has 2 aromatic carbocycles. The van der Waals surface area contributed by atoms with Crippen LogP contribution in [0.2, 0.25) is 0 Å². The summed E-state index contributed by atoms with van der Waals surface area (Å²) in [6.45, 7) is 1.72. The molecule has 4 heteroatoms. The molecule has 0 bridgehead atoms. The third-order valence-electron chi connectivity index (χ3n) is 5.07. The van der Waals surface area contributed by atoms with E-state index in [-0.39, 0.29) is 6.04 Å². The molecule has 0 unspecified atom stereocenters. The van der Waals surface area contributed by atoms with Gasteiger partial charge in [-0.05, 0) is 24.5 Å². The normalized spacial score (nSPS) is 17.4. The van der Waals surface area contributed by atoms with Gasteiger partial charge in [-0.3, -0.25) is 4.90 Å². The van der Waals surface area contributed by atoms with Gasteiger partial charge in [-0.2, -0.15) is 0 Å². The van der Waals surface area contributed by atoms with E-state index in [0.29, 0.717) is 5.75 Å². The number of nitrogens with one attached hydrogen (secondary N) is 1. The lowest BCUT2D eigenvalue weighted by molar-refractivity contribution is 0.161. The molecule has 0 fully saturated rings. The fourth-order valence-corrected chi connectivity index (χ4v) is 3.72. The zero-order chi connectivity index (χ0) is 17.1. The van der Waals surface area contributed by atoms with Gasteiger partial charge in [0, 0.05) is 30.8 Å². The molecule has 3 aromatic rings. The average Bonchev–Trinajstić information content (AvgIpc) is 3.12. The number of hydrogen-bond donors (Lipinski definition) is 2. The van der Waals surface area contributed by atoms with Gasteiger partial charge in [0.1, 0.15) is 5.75 Å². The number of rotatable bonds is 5. The monoisotopic (exact) mass is 333 g/mol. The van der Waals surface area contributed by atoms with E-state index in [2.05, 4.69) is 45.2 Å². The van der Waals surface area contributed by atoms with Crippen LogP contribution in [0, 0.1) is 0 Å². The van der Waals surface area contributed by atoms with Crippen LogP contribution >= 0.6 is 0 Å². The van der Waals surface area contributed by atoms with Crippen LogP contribution in [-0.4, -0.2) is 26.5 Å². The Labute approximate surface area is 148 Å². The number of aromatic hydroxyl groups is 1. The summed E-state index contributed by atoms with van der Waals surface area (Å²) in [7, 11) is 0. The number of H-pyrrole nitrogens is 1. The molecule has 0 radical (unpaired) electrons. The first-order chi connectivity index (χ1) is 12.3. The van der Waals surface area contributed by atoms with E-state index >= 15 is 0 Å². The van der Waals surface area contributed by atoms with E-state index in [4.69, 9.17) is 0 Å². The van der Waals surface area contributed by atoms with Gasteiger partial charge in [0.15, 0.2) is 0 Å². The molecule has 1 aromatic heterocycles. The van der Waals surface area contributed by atoms with Gasteiger partial charge in [0.2, 0.25) is 0 Å². The van der Waals surface area contributed by atoms with Crippen LogP contribution in [-0.2, 0) is 19.4 Å². The zero-order valence-electron chi connectivity index (χ0n) is 14.2. The number of para-hydroxylation sites is 1. The van der Waals surface area contributed by atoms with Crippen LogP contribution < -0.4 is 0 Å². The summed E-state index contributed by atoms with van der Waals surface area (Å²) in [5.41, 5.74) is 4.75. The third-order valence-corrected chi connectivity index (χ3v) is 5.07. The topological polar surface area (TPSA) is 52.1 Å². The molecule has 0 aliphatic carbocycles. The summed E-state index contributed by atoms with van der Waals surface area (Å²) < 4.78 is 0. The number of fused-ring (bicyclic) bond motifs is 1. The van der Waals surface area contributed by atoms with Crippen LogP contribution in [0.15, 0.2) is 60.9 Å². The highest BCUT2D eigenvalue weighted by molar-refractivity contribution is 5.32. The van der Waals surface area contributed by atoms with Crippen LogP contribution in [0.5, 0.6) is 5.75 Å². The minimum absolute atomic E-state index is 0.273. The summed E-state index contributed by atoms with van der Waals surface area (Å²) in [5, 5.41) is 10.1. The SMILES string of the molecule is Oc1ccccc1CN1CCc2[nH]cnc2[C@@H]1CCc1ccccc1. The fraction of sp³-hybridized carbons (Fsp3) is 0.286. The average molecular weight is 333 g/mol. The molecule has 0 saturated heterocycles. The maximum atomic E-state index is 10.1. The van der Waals surface area contributed by atoms with E-state index in [0.717, 1.165) is 43.6 Å². The quantitative estimate of drug-likeness (QED) is 0.746. The lowest BCUT2D eigenvalue weighted by Gasteiger charge is -2.35. The van der Waals surface area contributed by atoms with E-state index < -0.39 is 0 Å². The minimum atomic E-state index is 0.273. The molecule has 25 heavy (non-hydrogen) atoms. The molecule has 2 heterocycles. The summed E-state index contributed by atoms with van der Waals surface area (Å²) in [5.74, 6) is 0.372. The Morgan fingerprint density at radius 3 is 2.72 bits per heavy atom. The number of imidazole rings is 1. The van der Waals surface area contributed by atoms with Gasteiger partial charge >= 0.3 is 0 Å². The van der Waals surface area contributed by atoms with Crippen LogP contribution in [0.4, 0.5) is 0 Å². The Kier molecular flexibility index (Phi) is 4.53. The summed E-state index contributed by atoms with van der Waals surface area (Å²) >= 11 is 0. The third kappa shape index (κ3) is 3.44. The van der Waals surface area contributed by atoms with Crippen molar-refractivity contribution in [3.05, 3.63) is 83.4 Å². The number of aromatic nitrogens is 2. The molecule has 1 aliphatic heterocycles. The van der Waals surface area contributed by atoms with Crippen molar-refractivity contribution in [3.8, 4) is 5.75 Å². The first kappa shape index (κ1) is 15.9. The molecule has 4 nitrogen and oxygen atoms in total. The minimum Gasteiger partial charge on any atom is -0.508 e. The number of aromatic amines is 1. The van der Waals surface area contributed by atoms with Crippen molar-refractivity contribution in [3.63, 3.8) is 0 Å². The molecule has 1 aliphatic rings. The van der Waals surface area contributed by atoms with Crippen molar-refractivity contribution in [2.45, 2.75) is 31.8 Å². The molecular weight excluding hydrogens is 310 g/mol. The summed E-state index contributed by atoms with van der Waals surface area (Å²) in [6.07, 6.45) is 4.83. The Hall–Kier alpha value is -2.59. The highest BCUT2D eigenvalue weighted by atomic mass is 16.3. The van der Waals surface area contributed by atoms with E-state index in [1.54, 1.807) is 6.07 Å². The van der Waals surface area contributed by atoms with Gasteiger partial charge in [0.05, 0.1) is 18.1 Å². The molecule has 4 rings (SSSR count). The second-order valence-corrected chi connectivity index (χ2v) is 6.66. The van der Waals surface area contributed by atoms with Crippen molar-refractivity contribution >= 4 is 0 Å². The highest BCUT2D eigenvalue weighted by Gasteiger charge is 2.29. The zero-order valence-corrected chi connectivity index (χ0v) is 14.2. The number of aryl methyl sites for hydroxylation is 1. The highest BCUT2D eigenvalue weighted by Crippen LogP contribution is 2.33. The van der Waals surface area contributed by atoms with Crippen LogP contribution in [0.3, 0.4) is 0 Å². The summed E-state index contributed by atoms with van der Waals surface area (Å²) in [6, 6.07) is 18.5. The first-order valence-electron chi connectivity index (χ1n) is 8.88. The predicted molar refractivity (Wildman–Crippen MR) is 98.3 cm³/mol. The second kappa shape index (κ2) is 7.11. The van der Waals surface area contributed by atoms with Crippen molar-refractivity contribution in [2.24, 2.45) is 0 Å². The molecule has 2 N–H and O–H groups in total.